The Hall–Kier alpha value is -1.72. The Balaban J connectivity index is 2.32. The number of nitrogens with two attached hydrogens (primary N) is 1. The molecule has 4 nitrogen and oxygen atoms in total. The molecule has 0 atom stereocenters. The highest BCUT2D eigenvalue weighted by atomic mass is 35.5. The number of aromatic amines is 1. The van der Waals surface area contributed by atoms with Crippen LogP contribution in [0.5, 0.6) is 0 Å². The van der Waals surface area contributed by atoms with E-state index in [1.165, 1.54) is 12.3 Å². The molecule has 1 aromatic carbocycles. The molecule has 0 aliphatic carbocycles. The molecule has 0 fully saturated rings. The standard InChI is InChI=1S/C12H11ClFN3O/c13-9-3-1-2-7(11(9)14)4-10-16-6-8(5-15)12(18)17-10/h1-3,6H,4-5,15H2,(H,16,17,18). The van der Waals surface area contributed by atoms with Crippen LogP contribution >= 0.6 is 11.6 Å². The van der Waals surface area contributed by atoms with Crippen molar-refractivity contribution < 1.29 is 4.39 Å². The van der Waals surface area contributed by atoms with E-state index in [1.54, 1.807) is 12.1 Å². The first kappa shape index (κ1) is 12.7. The van der Waals surface area contributed by atoms with Crippen molar-refractivity contribution in [3.8, 4) is 0 Å². The summed E-state index contributed by atoms with van der Waals surface area (Å²) in [5.74, 6) is -0.122. The Labute approximate surface area is 108 Å². The van der Waals surface area contributed by atoms with Gasteiger partial charge in [0.1, 0.15) is 11.6 Å². The fourth-order valence-electron chi connectivity index (χ4n) is 1.56. The molecule has 3 N–H and O–H groups in total. The Morgan fingerprint density at radius 3 is 2.83 bits per heavy atom. The Bertz CT molecular complexity index is 627. The average molecular weight is 268 g/mol. The van der Waals surface area contributed by atoms with Gasteiger partial charge in [-0.25, -0.2) is 9.37 Å². The first-order chi connectivity index (χ1) is 8.61. The van der Waals surface area contributed by atoms with Crippen molar-refractivity contribution in [3.63, 3.8) is 0 Å². The highest BCUT2D eigenvalue weighted by Gasteiger charge is 2.09. The van der Waals surface area contributed by atoms with Gasteiger partial charge in [0.15, 0.2) is 0 Å². The van der Waals surface area contributed by atoms with E-state index >= 15 is 0 Å². The van der Waals surface area contributed by atoms with Crippen molar-refractivity contribution in [2.45, 2.75) is 13.0 Å². The van der Waals surface area contributed by atoms with Gasteiger partial charge in [0.25, 0.3) is 5.56 Å². The molecule has 0 aliphatic rings. The number of halogens is 2. The summed E-state index contributed by atoms with van der Waals surface area (Å²) in [4.78, 5) is 18.1. The van der Waals surface area contributed by atoms with E-state index in [-0.39, 0.29) is 23.5 Å². The summed E-state index contributed by atoms with van der Waals surface area (Å²) in [5.41, 5.74) is 5.83. The lowest BCUT2D eigenvalue weighted by Gasteiger charge is -2.04. The molecule has 0 amide bonds. The molecule has 2 aromatic rings. The second-order valence-electron chi connectivity index (χ2n) is 3.78. The minimum absolute atomic E-state index is 0.0495. The van der Waals surface area contributed by atoms with Gasteiger partial charge in [-0.2, -0.15) is 0 Å². The van der Waals surface area contributed by atoms with E-state index in [4.69, 9.17) is 17.3 Å². The van der Waals surface area contributed by atoms with E-state index in [9.17, 15) is 9.18 Å². The molecule has 0 radical (unpaired) electrons. The van der Waals surface area contributed by atoms with Gasteiger partial charge in [-0.1, -0.05) is 23.7 Å². The fourth-order valence-corrected chi connectivity index (χ4v) is 1.75. The van der Waals surface area contributed by atoms with Gasteiger partial charge in [0.05, 0.1) is 5.02 Å². The maximum absolute atomic E-state index is 13.7. The fraction of sp³-hybridized carbons (Fsp3) is 0.167. The van der Waals surface area contributed by atoms with Crippen LogP contribution in [0, 0.1) is 5.82 Å². The third-order valence-corrected chi connectivity index (χ3v) is 2.83. The van der Waals surface area contributed by atoms with Crippen LogP contribution in [-0.2, 0) is 13.0 Å². The summed E-state index contributed by atoms with van der Waals surface area (Å²) in [7, 11) is 0. The summed E-state index contributed by atoms with van der Waals surface area (Å²) >= 11 is 5.68. The number of hydrogen-bond acceptors (Lipinski definition) is 3. The first-order valence-corrected chi connectivity index (χ1v) is 5.69. The predicted molar refractivity (Wildman–Crippen MR) is 67.0 cm³/mol. The number of hydrogen-bond donors (Lipinski definition) is 2. The quantitative estimate of drug-likeness (QED) is 0.887. The zero-order valence-corrected chi connectivity index (χ0v) is 10.2. The highest BCUT2D eigenvalue weighted by Crippen LogP contribution is 2.19. The number of nitrogens with zero attached hydrogens (tertiary/aromatic N) is 1. The molecule has 0 aliphatic heterocycles. The molecule has 6 heteroatoms. The van der Waals surface area contributed by atoms with Crippen LogP contribution in [0.1, 0.15) is 17.0 Å². The molecule has 1 aromatic heterocycles. The summed E-state index contributed by atoms with van der Waals surface area (Å²) in [6.45, 7) is 0.119. The van der Waals surface area contributed by atoms with Gasteiger partial charge >= 0.3 is 0 Å². The molecular weight excluding hydrogens is 257 g/mol. The van der Waals surface area contributed by atoms with Crippen molar-refractivity contribution in [1.29, 1.82) is 0 Å². The molecule has 18 heavy (non-hydrogen) atoms. The van der Waals surface area contributed by atoms with Crippen LogP contribution in [0.15, 0.2) is 29.2 Å². The monoisotopic (exact) mass is 267 g/mol. The van der Waals surface area contributed by atoms with Crippen molar-refractivity contribution in [3.05, 3.63) is 62.5 Å². The van der Waals surface area contributed by atoms with E-state index in [0.717, 1.165) is 0 Å². The zero-order chi connectivity index (χ0) is 13.1. The summed E-state index contributed by atoms with van der Waals surface area (Å²) in [6.07, 6.45) is 1.57. The molecule has 1 heterocycles. The van der Waals surface area contributed by atoms with Crippen LogP contribution in [0.3, 0.4) is 0 Å². The largest absolute Gasteiger partial charge is 0.326 e. The molecule has 94 valence electrons. The molecule has 0 bridgehead atoms. The lowest BCUT2D eigenvalue weighted by Crippen LogP contribution is -2.19. The van der Waals surface area contributed by atoms with Crippen LogP contribution in [0.4, 0.5) is 4.39 Å². The Morgan fingerprint density at radius 2 is 2.17 bits per heavy atom. The van der Waals surface area contributed by atoms with Gasteiger partial charge in [-0.05, 0) is 11.6 Å². The molecule has 0 spiro atoms. The number of H-pyrrole nitrogens is 1. The summed E-state index contributed by atoms with van der Waals surface area (Å²) < 4.78 is 13.7. The molecular formula is C12H11ClFN3O. The topological polar surface area (TPSA) is 71.8 Å². The third kappa shape index (κ3) is 2.57. The lowest BCUT2D eigenvalue weighted by atomic mass is 10.1. The second-order valence-corrected chi connectivity index (χ2v) is 4.19. The van der Waals surface area contributed by atoms with Crippen molar-refractivity contribution >= 4 is 11.6 Å². The maximum atomic E-state index is 13.7. The van der Waals surface area contributed by atoms with E-state index < -0.39 is 5.82 Å². The minimum Gasteiger partial charge on any atom is -0.326 e. The minimum atomic E-state index is -0.496. The Morgan fingerprint density at radius 1 is 1.39 bits per heavy atom. The van der Waals surface area contributed by atoms with E-state index in [1.807, 2.05) is 0 Å². The smallest absolute Gasteiger partial charge is 0.255 e. The van der Waals surface area contributed by atoms with Gasteiger partial charge in [-0.15, -0.1) is 0 Å². The van der Waals surface area contributed by atoms with Crippen LogP contribution < -0.4 is 11.3 Å². The van der Waals surface area contributed by atoms with Crippen LogP contribution in [0.25, 0.3) is 0 Å². The lowest BCUT2D eigenvalue weighted by molar-refractivity contribution is 0.612. The third-order valence-electron chi connectivity index (χ3n) is 2.54. The van der Waals surface area contributed by atoms with Crippen molar-refractivity contribution in [2.24, 2.45) is 5.73 Å². The van der Waals surface area contributed by atoms with Gasteiger partial charge in [-0.3, -0.25) is 4.79 Å². The number of nitrogens with one attached hydrogen (secondary N) is 1. The van der Waals surface area contributed by atoms with Crippen LogP contribution in [-0.4, -0.2) is 9.97 Å². The number of rotatable bonds is 3. The van der Waals surface area contributed by atoms with Crippen LogP contribution in [0.2, 0.25) is 5.02 Å². The molecule has 0 unspecified atom stereocenters. The maximum Gasteiger partial charge on any atom is 0.255 e. The summed E-state index contributed by atoms with van der Waals surface area (Å²) in [6, 6.07) is 4.71. The van der Waals surface area contributed by atoms with Crippen molar-refractivity contribution in [1.82, 2.24) is 9.97 Å². The van der Waals surface area contributed by atoms with Gasteiger partial charge < -0.3 is 10.7 Å². The molecule has 0 saturated heterocycles. The predicted octanol–water partition coefficient (Wildman–Crippen LogP) is 1.61. The normalized spacial score (nSPS) is 10.6. The van der Waals surface area contributed by atoms with Crippen molar-refractivity contribution in [2.75, 3.05) is 0 Å². The van der Waals surface area contributed by atoms with Gasteiger partial charge in [0.2, 0.25) is 0 Å². The average Bonchev–Trinajstić information content (AvgIpc) is 2.35. The number of benzene rings is 1. The SMILES string of the molecule is NCc1cnc(Cc2cccc(Cl)c2F)[nH]c1=O. The highest BCUT2D eigenvalue weighted by molar-refractivity contribution is 6.30. The first-order valence-electron chi connectivity index (χ1n) is 5.32. The Kier molecular flexibility index (Phi) is 3.74. The molecule has 0 saturated carbocycles. The second kappa shape index (κ2) is 5.29. The van der Waals surface area contributed by atoms with E-state index in [0.29, 0.717) is 17.0 Å². The summed E-state index contributed by atoms with van der Waals surface area (Å²) in [5, 5.41) is 0.0495. The van der Waals surface area contributed by atoms with Gasteiger partial charge in [0, 0.05) is 24.7 Å². The zero-order valence-electron chi connectivity index (χ0n) is 9.41. The van der Waals surface area contributed by atoms with E-state index in [2.05, 4.69) is 9.97 Å². The molecule has 2 rings (SSSR count). The number of aromatic nitrogens is 2.